The predicted molar refractivity (Wildman–Crippen MR) is 93.4 cm³/mol. The summed E-state index contributed by atoms with van der Waals surface area (Å²) < 4.78 is 0. The maximum atomic E-state index is 12.4. The summed E-state index contributed by atoms with van der Waals surface area (Å²) in [5.74, 6) is 0.476. The molecule has 1 aliphatic carbocycles. The van der Waals surface area contributed by atoms with E-state index in [-0.39, 0.29) is 5.91 Å². The summed E-state index contributed by atoms with van der Waals surface area (Å²) >= 11 is 1.53. The summed E-state index contributed by atoms with van der Waals surface area (Å²) in [7, 11) is 0. The molecule has 1 fully saturated rings. The lowest BCUT2D eigenvalue weighted by atomic mass is 9.96. The number of benzene rings is 1. The van der Waals surface area contributed by atoms with Crippen LogP contribution in [0.1, 0.15) is 52.4 Å². The van der Waals surface area contributed by atoms with E-state index in [0.29, 0.717) is 11.0 Å². The van der Waals surface area contributed by atoms with Crippen LogP contribution in [0.25, 0.3) is 0 Å². The first-order chi connectivity index (χ1) is 11.3. The second-order valence-corrected chi connectivity index (χ2v) is 7.25. The fraction of sp³-hybridized carbons (Fsp3) is 0.444. The van der Waals surface area contributed by atoms with Gasteiger partial charge in [0.25, 0.3) is 5.91 Å². The van der Waals surface area contributed by atoms with Crippen LogP contribution in [0, 0.1) is 0 Å². The molecule has 2 aromatic rings. The van der Waals surface area contributed by atoms with E-state index in [1.165, 1.54) is 28.9 Å². The van der Waals surface area contributed by atoms with Crippen LogP contribution in [0.3, 0.4) is 0 Å². The van der Waals surface area contributed by atoms with Crippen molar-refractivity contribution < 1.29 is 4.79 Å². The van der Waals surface area contributed by atoms with Gasteiger partial charge in [-0.2, -0.15) is 0 Å². The van der Waals surface area contributed by atoms with Crippen molar-refractivity contribution >= 4 is 22.4 Å². The number of carbonyl (C=O) groups excluding carboxylic acids is 1. The Morgan fingerprint density at radius 2 is 2.04 bits per heavy atom. The van der Waals surface area contributed by atoms with Gasteiger partial charge in [-0.3, -0.25) is 10.1 Å². The Bertz CT molecular complexity index is 719. The number of nitrogens with zero attached hydrogens (tertiary/aromatic N) is 1. The van der Waals surface area contributed by atoms with Crippen LogP contribution in [0.5, 0.6) is 0 Å². The Morgan fingerprint density at radius 1 is 1.22 bits per heavy atom. The zero-order valence-electron chi connectivity index (χ0n) is 13.1. The highest BCUT2D eigenvalue weighted by Gasteiger charge is 2.19. The van der Waals surface area contributed by atoms with E-state index in [2.05, 4.69) is 27.1 Å². The fourth-order valence-corrected chi connectivity index (χ4v) is 4.32. The molecule has 2 aliphatic rings. The molecule has 1 amide bonds. The summed E-state index contributed by atoms with van der Waals surface area (Å²) in [6, 6.07) is 6.07. The number of hydrogen-bond donors (Lipinski definition) is 2. The van der Waals surface area contributed by atoms with Gasteiger partial charge >= 0.3 is 0 Å². The first-order valence-electron chi connectivity index (χ1n) is 8.39. The summed E-state index contributed by atoms with van der Waals surface area (Å²) in [5.41, 5.74) is 4.58. The molecule has 0 unspecified atom stereocenters. The van der Waals surface area contributed by atoms with Gasteiger partial charge in [-0.1, -0.05) is 6.07 Å². The average Bonchev–Trinajstić information content (AvgIpc) is 3.24. The monoisotopic (exact) mass is 327 g/mol. The number of aryl methyl sites for hydroxylation is 2. The minimum Gasteiger partial charge on any atom is -0.317 e. The number of nitrogens with one attached hydrogen (secondary N) is 2. The van der Waals surface area contributed by atoms with Crippen molar-refractivity contribution in [3.8, 4) is 0 Å². The topological polar surface area (TPSA) is 54.0 Å². The molecule has 4 nitrogen and oxygen atoms in total. The van der Waals surface area contributed by atoms with Crippen LogP contribution >= 0.6 is 11.3 Å². The number of fused-ring (bicyclic) bond motifs is 1. The van der Waals surface area contributed by atoms with Crippen LogP contribution in [0.4, 0.5) is 5.13 Å². The molecule has 0 radical (unpaired) electrons. The van der Waals surface area contributed by atoms with Gasteiger partial charge in [0.2, 0.25) is 0 Å². The van der Waals surface area contributed by atoms with Gasteiger partial charge in [0.1, 0.15) is 0 Å². The molecule has 1 aromatic heterocycles. The number of thiazole rings is 1. The average molecular weight is 327 g/mol. The van der Waals surface area contributed by atoms with Crippen molar-refractivity contribution in [2.45, 2.75) is 38.0 Å². The number of amides is 1. The highest BCUT2D eigenvalue weighted by molar-refractivity contribution is 7.14. The van der Waals surface area contributed by atoms with Crippen molar-refractivity contribution in [1.29, 1.82) is 0 Å². The molecule has 4 rings (SSSR count). The van der Waals surface area contributed by atoms with E-state index in [0.717, 1.165) is 50.0 Å². The Morgan fingerprint density at radius 3 is 2.91 bits per heavy atom. The van der Waals surface area contributed by atoms with E-state index >= 15 is 0 Å². The maximum absolute atomic E-state index is 12.4. The lowest BCUT2D eigenvalue weighted by Gasteiger charge is -2.20. The lowest BCUT2D eigenvalue weighted by molar-refractivity contribution is 0.102. The van der Waals surface area contributed by atoms with Gasteiger partial charge in [0, 0.05) is 16.9 Å². The van der Waals surface area contributed by atoms with Crippen LogP contribution < -0.4 is 10.6 Å². The van der Waals surface area contributed by atoms with Gasteiger partial charge in [-0.15, -0.1) is 11.3 Å². The molecular weight excluding hydrogens is 306 g/mol. The summed E-state index contributed by atoms with van der Waals surface area (Å²) in [6.07, 6.45) is 5.69. The Labute approximate surface area is 140 Å². The van der Waals surface area contributed by atoms with Gasteiger partial charge in [0.05, 0.1) is 5.69 Å². The number of piperidine rings is 1. The third-order valence-corrected chi connectivity index (χ3v) is 5.64. The zero-order chi connectivity index (χ0) is 15.6. The lowest BCUT2D eigenvalue weighted by Crippen LogP contribution is -2.26. The van der Waals surface area contributed by atoms with Gasteiger partial charge in [-0.25, -0.2) is 4.98 Å². The second kappa shape index (κ2) is 6.42. The van der Waals surface area contributed by atoms with Gasteiger partial charge < -0.3 is 5.32 Å². The van der Waals surface area contributed by atoms with Gasteiger partial charge in [-0.05, 0) is 68.5 Å². The molecular formula is C18H21N3OS. The van der Waals surface area contributed by atoms with E-state index in [4.69, 9.17) is 0 Å². The van der Waals surface area contributed by atoms with Crippen molar-refractivity contribution in [3.05, 3.63) is 46.0 Å². The first-order valence-corrected chi connectivity index (χ1v) is 9.27. The Balaban J connectivity index is 1.45. The molecule has 5 heteroatoms. The van der Waals surface area contributed by atoms with Crippen molar-refractivity contribution in [3.63, 3.8) is 0 Å². The molecule has 120 valence electrons. The number of aromatic nitrogens is 1. The fourth-order valence-electron chi connectivity index (χ4n) is 3.53. The van der Waals surface area contributed by atoms with Gasteiger partial charge in [0.15, 0.2) is 5.13 Å². The maximum Gasteiger partial charge on any atom is 0.257 e. The molecule has 0 saturated carbocycles. The highest BCUT2D eigenvalue weighted by atomic mass is 32.1. The molecule has 2 heterocycles. The summed E-state index contributed by atoms with van der Waals surface area (Å²) in [5, 5.41) is 9.14. The molecule has 0 atom stereocenters. The predicted octanol–water partition coefficient (Wildman–Crippen LogP) is 3.35. The SMILES string of the molecule is O=C(Nc1nc(C2CCNCC2)cs1)c1ccc2c(c1)CCC2. The quantitative estimate of drug-likeness (QED) is 0.909. The second-order valence-electron chi connectivity index (χ2n) is 6.39. The molecule has 1 saturated heterocycles. The van der Waals surface area contributed by atoms with E-state index in [9.17, 15) is 4.79 Å². The highest BCUT2D eigenvalue weighted by Crippen LogP contribution is 2.29. The first kappa shape index (κ1) is 14.8. The molecule has 0 spiro atoms. The number of anilines is 1. The standard InChI is InChI=1S/C18H21N3OS/c22-17(15-5-4-12-2-1-3-14(12)10-15)21-18-20-16(11-23-18)13-6-8-19-9-7-13/h4-5,10-11,13,19H,1-3,6-9H2,(H,20,21,22). The normalized spacial score (nSPS) is 17.9. The minimum atomic E-state index is -0.0501. The number of rotatable bonds is 3. The van der Waals surface area contributed by atoms with Crippen molar-refractivity contribution in [2.24, 2.45) is 0 Å². The Hall–Kier alpha value is -1.72. The number of hydrogen-bond acceptors (Lipinski definition) is 4. The molecule has 23 heavy (non-hydrogen) atoms. The van der Waals surface area contributed by atoms with Crippen LogP contribution in [0.15, 0.2) is 23.6 Å². The van der Waals surface area contributed by atoms with E-state index in [1.807, 2.05) is 12.1 Å². The van der Waals surface area contributed by atoms with Crippen LogP contribution in [0.2, 0.25) is 0 Å². The molecule has 0 bridgehead atoms. The van der Waals surface area contributed by atoms with E-state index in [1.54, 1.807) is 0 Å². The van der Waals surface area contributed by atoms with Crippen LogP contribution in [-0.4, -0.2) is 24.0 Å². The summed E-state index contributed by atoms with van der Waals surface area (Å²) in [4.78, 5) is 17.1. The third-order valence-electron chi connectivity index (χ3n) is 4.86. The van der Waals surface area contributed by atoms with Crippen molar-refractivity contribution in [2.75, 3.05) is 18.4 Å². The molecule has 2 N–H and O–H groups in total. The van der Waals surface area contributed by atoms with Crippen LogP contribution in [-0.2, 0) is 12.8 Å². The molecule has 1 aromatic carbocycles. The van der Waals surface area contributed by atoms with Crippen molar-refractivity contribution in [1.82, 2.24) is 10.3 Å². The smallest absolute Gasteiger partial charge is 0.257 e. The third kappa shape index (κ3) is 3.16. The summed E-state index contributed by atoms with van der Waals surface area (Å²) in [6.45, 7) is 2.11. The Kier molecular flexibility index (Phi) is 4.14. The number of carbonyl (C=O) groups is 1. The zero-order valence-corrected chi connectivity index (χ0v) is 13.9. The van der Waals surface area contributed by atoms with E-state index < -0.39 is 0 Å². The molecule has 1 aliphatic heterocycles. The minimum absolute atomic E-state index is 0.0501. The largest absolute Gasteiger partial charge is 0.317 e.